The van der Waals surface area contributed by atoms with Gasteiger partial charge in [-0.05, 0) is 37.3 Å². The number of hydrogen-bond donors (Lipinski definition) is 1. The van der Waals surface area contributed by atoms with Crippen molar-refractivity contribution in [2.75, 3.05) is 4.90 Å². The minimum atomic E-state index is -0.609. The molecule has 1 heterocycles. The number of phenolic OH excluding ortho intramolecular Hbond substituents is 1. The van der Waals surface area contributed by atoms with Crippen LogP contribution in [0.2, 0.25) is 0 Å². The summed E-state index contributed by atoms with van der Waals surface area (Å²) >= 11 is 0. The zero-order valence-corrected chi connectivity index (χ0v) is 11.1. The van der Waals surface area contributed by atoms with Gasteiger partial charge in [0, 0.05) is 6.07 Å². The summed E-state index contributed by atoms with van der Waals surface area (Å²) in [4.78, 5) is 26.8. The van der Waals surface area contributed by atoms with Crippen LogP contribution in [0.15, 0.2) is 36.4 Å². The van der Waals surface area contributed by atoms with Crippen molar-refractivity contribution in [3.8, 4) is 5.75 Å². The van der Waals surface area contributed by atoms with E-state index in [1.54, 1.807) is 12.1 Å². The zero-order valence-electron chi connectivity index (χ0n) is 11.1. The lowest BCUT2D eigenvalue weighted by molar-refractivity contribution is -0.127. The van der Waals surface area contributed by atoms with E-state index in [1.165, 1.54) is 17.0 Å². The second kappa shape index (κ2) is 3.51. The molecule has 0 aromatic heterocycles. The third-order valence-electron chi connectivity index (χ3n) is 5.20. The summed E-state index contributed by atoms with van der Waals surface area (Å²) in [6.45, 7) is 1.91. The normalized spacial score (nSPS) is 37.9. The Morgan fingerprint density at radius 3 is 2.80 bits per heavy atom. The van der Waals surface area contributed by atoms with Crippen LogP contribution in [-0.4, -0.2) is 16.9 Å². The highest BCUT2D eigenvalue weighted by Crippen LogP contribution is 2.60. The highest BCUT2D eigenvalue weighted by Gasteiger charge is 2.67. The second-order valence-corrected chi connectivity index (χ2v) is 6.15. The maximum absolute atomic E-state index is 12.8. The number of amides is 2. The molecule has 1 saturated carbocycles. The van der Waals surface area contributed by atoms with Gasteiger partial charge in [-0.15, -0.1) is 0 Å². The molecule has 1 aromatic carbocycles. The first-order valence-corrected chi connectivity index (χ1v) is 6.89. The quantitative estimate of drug-likeness (QED) is 0.627. The van der Waals surface area contributed by atoms with E-state index in [4.69, 9.17) is 0 Å². The van der Waals surface area contributed by atoms with Crippen LogP contribution in [-0.2, 0) is 9.59 Å². The highest BCUT2D eigenvalue weighted by atomic mass is 16.3. The lowest BCUT2D eigenvalue weighted by Gasteiger charge is -2.28. The maximum Gasteiger partial charge on any atom is 0.241 e. The van der Waals surface area contributed by atoms with E-state index in [0.717, 1.165) is 6.42 Å². The van der Waals surface area contributed by atoms with Crippen molar-refractivity contribution in [2.24, 2.45) is 23.2 Å². The van der Waals surface area contributed by atoms with Crippen molar-refractivity contribution in [1.82, 2.24) is 0 Å². The Labute approximate surface area is 116 Å². The first-order valence-electron chi connectivity index (χ1n) is 6.89. The lowest BCUT2D eigenvalue weighted by atomic mass is 9.71. The Balaban J connectivity index is 1.82. The number of benzene rings is 1. The molecule has 4 nitrogen and oxygen atoms in total. The molecule has 1 N–H and O–H groups in total. The van der Waals surface area contributed by atoms with Crippen LogP contribution < -0.4 is 4.90 Å². The van der Waals surface area contributed by atoms with Gasteiger partial charge in [0.25, 0.3) is 0 Å². The third-order valence-corrected chi connectivity index (χ3v) is 5.20. The number of anilines is 1. The molecule has 4 heteroatoms. The fourth-order valence-electron chi connectivity index (χ4n) is 4.18. The number of fused-ring (bicyclic) bond motifs is 5. The average Bonchev–Trinajstić information content (AvgIpc) is 3.03. The average molecular weight is 269 g/mol. The maximum atomic E-state index is 12.8. The van der Waals surface area contributed by atoms with Gasteiger partial charge in [0.2, 0.25) is 11.8 Å². The monoisotopic (exact) mass is 269 g/mol. The van der Waals surface area contributed by atoms with Crippen LogP contribution in [0.5, 0.6) is 5.75 Å². The number of carbonyl (C=O) groups excluding carboxylic acids is 2. The molecule has 4 unspecified atom stereocenters. The number of nitrogens with zero attached hydrogens (tertiary/aromatic N) is 1. The molecule has 2 fully saturated rings. The molecule has 2 aliphatic carbocycles. The standard InChI is InChI=1S/C16H15NO3/c1-16-10-6-5-9(7-10)13(16)14(19)17(15(16)20)11-3-2-4-12(18)8-11/h2-6,8-10,13,18H,7H2,1H3. The molecule has 0 radical (unpaired) electrons. The van der Waals surface area contributed by atoms with Gasteiger partial charge in [0.15, 0.2) is 0 Å². The van der Waals surface area contributed by atoms with Crippen molar-refractivity contribution in [1.29, 1.82) is 0 Å². The Morgan fingerprint density at radius 2 is 2.10 bits per heavy atom. The van der Waals surface area contributed by atoms with Gasteiger partial charge < -0.3 is 5.11 Å². The van der Waals surface area contributed by atoms with Crippen molar-refractivity contribution in [3.63, 3.8) is 0 Å². The van der Waals surface area contributed by atoms with E-state index in [2.05, 4.69) is 12.2 Å². The van der Waals surface area contributed by atoms with Gasteiger partial charge in [0.1, 0.15) is 5.75 Å². The molecule has 1 saturated heterocycles. The van der Waals surface area contributed by atoms with Gasteiger partial charge in [-0.25, -0.2) is 4.90 Å². The van der Waals surface area contributed by atoms with Gasteiger partial charge >= 0.3 is 0 Å². The largest absolute Gasteiger partial charge is 0.508 e. The zero-order chi connectivity index (χ0) is 14.1. The first-order chi connectivity index (χ1) is 9.53. The number of hydrogen-bond acceptors (Lipinski definition) is 3. The van der Waals surface area contributed by atoms with Crippen LogP contribution in [0.4, 0.5) is 5.69 Å². The molecule has 20 heavy (non-hydrogen) atoms. The van der Waals surface area contributed by atoms with E-state index in [1.807, 2.05) is 6.92 Å². The summed E-state index contributed by atoms with van der Waals surface area (Å²) in [5.74, 6) is -0.0892. The number of carbonyl (C=O) groups is 2. The first kappa shape index (κ1) is 11.7. The highest BCUT2D eigenvalue weighted by molar-refractivity contribution is 6.24. The molecule has 0 spiro atoms. The number of imide groups is 1. The Morgan fingerprint density at radius 1 is 1.30 bits per heavy atom. The Kier molecular flexibility index (Phi) is 2.05. The molecule has 2 bridgehead atoms. The van der Waals surface area contributed by atoms with Crippen LogP contribution in [0.3, 0.4) is 0 Å². The fraction of sp³-hybridized carbons (Fsp3) is 0.375. The lowest BCUT2D eigenvalue weighted by Crippen LogP contribution is -2.37. The summed E-state index contributed by atoms with van der Waals surface area (Å²) < 4.78 is 0. The van der Waals surface area contributed by atoms with E-state index < -0.39 is 5.41 Å². The number of allylic oxidation sites excluding steroid dienone is 2. The number of phenols is 1. The molecule has 102 valence electrons. The Bertz CT molecular complexity index is 665. The molecule has 4 atom stereocenters. The smallest absolute Gasteiger partial charge is 0.241 e. The molecular weight excluding hydrogens is 254 g/mol. The predicted octanol–water partition coefficient (Wildman–Crippen LogP) is 2.09. The van der Waals surface area contributed by atoms with Gasteiger partial charge in [-0.2, -0.15) is 0 Å². The molecule has 1 aliphatic heterocycles. The molecular formula is C16H15NO3. The molecule has 1 aromatic rings. The van der Waals surface area contributed by atoms with Gasteiger partial charge in [0.05, 0.1) is 17.0 Å². The van der Waals surface area contributed by atoms with E-state index in [0.29, 0.717) is 5.69 Å². The molecule has 3 aliphatic rings. The minimum absolute atomic E-state index is 0.0615. The summed E-state index contributed by atoms with van der Waals surface area (Å²) in [5.41, 5.74) is -0.142. The Hall–Kier alpha value is -2.10. The third kappa shape index (κ3) is 1.17. The summed E-state index contributed by atoms with van der Waals surface area (Å²) in [6.07, 6.45) is 5.07. The summed E-state index contributed by atoms with van der Waals surface area (Å²) in [7, 11) is 0. The molecule has 2 amide bonds. The summed E-state index contributed by atoms with van der Waals surface area (Å²) in [5, 5.41) is 9.57. The van der Waals surface area contributed by atoms with Crippen molar-refractivity contribution in [2.45, 2.75) is 13.3 Å². The van der Waals surface area contributed by atoms with E-state index >= 15 is 0 Å². The molecule has 4 rings (SSSR count). The fourth-order valence-corrected chi connectivity index (χ4v) is 4.18. The van der Waals surface area contributed by atoms with Crippen molar-refractivity contribution < 1.29 is 14.7 Å². The second-order valence-electron chi connectivity index (χ2n) is 6.15. The van der Waals surface area contributed by atoms with Crippen LogP contribution in [0, 0.1) is 23.2 Å². The van der Waals surface area contributed by atoms with E-state index in [-0.39, 0.29) is 35.3 Å². The van der Waals surface area contributed by atoms with E-state index in [9.17, 15) is 14.7 Å². The van der Waals surface area contributed by atoms with Crippen LogP contribution in [0.1, 0.15) is 13.3 Å². The predicted molar refractivity (Wildman–Crippen MR) is 72.9 cm³/mol. The van der Waals surface area contributed by atoms with Gasteiger partial charge in [-0.1, -0.05) is 18.2 Å². The van der Waals surface area contributed by atoms with Crippen molar-refractivity contribution in [3.05, 3.63) is 36.4 Å². The SMILES string of the molecule is CC12C(=O)N(c3cccc(O)c3)C(=O)C1C1C=CC2C1. The number of aromatic hydroxyl groups is 1. The topological polar surface area (TPSA) is 57.6 Å². The number of rotatable bonds is 1. The van der Waals surface area contributed by atoms with Crippen LogP contribution in [0.25, 0.3) is 0 Å². The minimum Gasteiger partial charge on any atom is -0.508 e. The van der Waals surface area contributed by atoms with Crippen molar-refractivity contribution >= 4 is 17.5 Å². The summed E-state index contributed by atoms with van der Waals surface area (Å²) in [6, 6.07) is 6.33. The van der Waals surface area contributed by atoms with Gasteiger partial charge in [-0.3, -0.25) is 9.59 Å². The van der Waals surface area contributed by atoms with Crippen LogP contribution >= 0.6 is 0 Å².